The Bertz CT molecular complexity index is 735. The molecule has 0 spiro atoms. The third-order valence-corrected chi connectivity index (χ3v) is 3.12. The topological polar surface area (TPSA) is 108 Å². The maximum Gasteiger partial charge on any atom is 0.332 e. The summed E-state index contributed by atoms with van der Waals surface area (Å²) in [5.41, 5.74) is 6.04. The first-order valence-corrected chi connectivity index (χ1v) is 6.64. The fourth-order valence-electron chi connectivity index (χ4n) is 1.99. The predicted molar refractivity (Wildman–Crippen MR) is 80.0 cm³/mol. The molecule has 8 heteroatoms. The number of nitrogens with one attached hydrogen (secondary N) is 1. The van der Waals surface area contributed by atoms with Crippen LogP contribution in [0.1, 0.15) is 19.0 Å². The quantitative estimate of drug-likeness (QED) is 0.798. The summed E-state index contributed by atoms with van der Waals surface area (Å²) in [6.45, 7) is 2.72. The largest absolute Gasteiger partial charge is 0.383 e. The van der Waals surface area contributed by atoms with E-state index in [1.54, 1.807) is 12.3 Å². The van der Waals surface area contributed by atoms with E-state index in [0.717, 1.165) is 16.7 Å². The van der Waals surface area contributed by atoms with Crippen molar-refractivity contribution >= 4 is 11.5 Å². The number of hydrogen-bond acceptors (Lipinski definition) is 6. The average Bonchev–Trinajstić information content (AvgIpc) is 2.50. The molecular weight excluding hydrogens is 272 g/mol. The van der Waals surface area contributed by atoms with Gasteiger partial charge in [-0.05, 0) is 12.5 Å². The molecule has 0 radical (unpaired) electrons. The van der Waals surface area contributed by atoms with Gasteiger partial charge in [-0.15, -0.1) is 0 Å². The molecule has 0 saturated carbocycles. The number of aromatic nitrogens is 4. The molecule has 112 valence electrons. The van der Waals surface area contributed by atoms with Crippen molar-refractivity contribution in [2.45, 2.75) is 26.4 Å². The lowest BCUT2D eigenvalue weighted by molar-refractivity contribution is 0.600. The van der Waals surface area contributed by atoms with Gasteiger partial charge in [0.05, 0.1) is 12.2 Å². The Morgan fingerprint density at radius 3 is 2.76 bits per heavy atom. The van der Waals surface area contributed by atoms with Gasteiger partial charge in [-0.1, -0.05) is 6.92 Å². The van der Waals surface area contributed by atoms with Gasteiger partial charge in [0.1, 0.15) is 17.8 Å². The van der Waals surface area contributed by atoms with Gasteiger partial charge in [0.2, 0.25) is 0 Å². The minimum absolute atomic E-state index is 0.152. The molecule has 21 heavy (non-hydrogen) atoms. The Hall–Kier alpha value is -2.64. The molecule has 0 aliphatic carbocycles. The van der Waals surface area contributed by atoms with Gasteiger partial charge in [0.25, 0.3) is 5.56 Å². The van der Waals surface area contributed by atoms with E-state index >= 15 is 0 Å². The number of hydrogen-bond donors (Lipinski definition) is 2. The van der Waals surface area contributed by atoms with Crippen LogP contribution in [-0.4, -0.2) is 19.1 Å². The Morgan fingerprint density at radius 1 is 1.38 bits per heavy atom. The molecule has 3 N–H and O–H groups in total. The van der Waals surface area contributed by atoms with E-state index in [9.17, 15) is 9.59 Å². The number of anilines is 2. The summed E-state index contributed by atoms with van der Waals surface area (Å²) in [7, 11) is 1.44. The van der Waals surface area contributed by atoms with E-state index in [1.165, 1.54) is 17.9 Å². The van der Waals surface area contributed by atoms with Crippen LogP contribution in [0.4, 0.5) is 11.5 Å². The number of nitrogen functional groups attached to an aromatic ring is 1. The Morgan fingerprint density at radius 2 is 2.14 bits per heavy atom. The molecule has 2 aromatic rings. The maximum atomic E-state index is 12.2. The van der Waals surface area contributed by atoms with E-state index in [2.05, 4.69) is 15.3 Å². The second-order valence-corrected chi connectivity index (χ2v) is 4.61. The van der Waals surface area contributed by atoms with Crippen LogP contribution >= 0.6 is 0 Å². The van der Waals surface area contributed by atoms with Gasteiger partial charge in [-0.2, -0.15) is 0 Å². The summed E-state index contributed by atoms with van der Waals surface area (Å²) >= 11 is 0. The van der Waals surface area contributed by atoms with E-state index in [1.807, 2.05) is 6.92 Å². The van der Waals surface area contributed by atoms with E-state index in [-0.39, 0.29) is 11.5 Å². The molecule has 0 aromatic carbocycles. The molecule has 0 saturated heterocycles. The van der Waals surface area contributed by atoms with Crippen molar-refractivity contribution in [2.24, 2.45) is 7.05 Å². The number of nitrogens with zero attached hydrogens (tertiary/aromatic N) is 4. The van der Waals surface area contributed by atoms with E-state index in [0.29, 0.717) is 13.1 Å². The molecule has 0 aliphatic rings. The minimum Gasteiger partial charge on any atom is -0.383 e. The monoisotopic (exact) mass is 290 g/mol. The lowest BCUT2D eigenvalue weighted by Crippen LogP contribution is -2.40. The summed E-state index contributed by atoms with van der Waals surface area (Å²) in [5, 5.41) is 2.96. The van der Waals surface area contributed by atoms with Crippen LogP contribution in [0.5, 0.6) is 0 Å². The lowest BCUT2D eigenvalue weighted by Gasteiger charge is -2.15. The van der Waals surface area contributed by atoms with Crippen molar-refractivity contribution in [3.05, 3.63) is 45.1 Å². The SMILES string of the molecule is CCCn1c(N)c(NCc2ccncn2)c(=O)n(C)c1=O. The maximum absolute atomic E-state index is 12.2. The van der Waals surface area contributed by atoms with Gasteiger partial charge in [-0.3, -0.25) is 13.9 Å². The van der Waals surface area contributed by atoms with E-state index < -0.39 is 11.2 Å². The first kappa shape index (κ1) is 14.8. The zero-order valence-corrected chi connectivity index (χ0v) is 12.0. The Balaban J connectivity index is 2.39. The van der Waals surface area contributed by atoms with Crippen molar-refractivity contribution in [3.8, 4) is 0 Å². The molecule has 0 amide bonds. The standard InChI is InChI=1S/C13H18N6O2/c1-3-6-19-11(14)10(12(20)18(2)13(19)21)16-7-9-4-5-15-8-17-9/h4-5,8,16H,3,6-7,14H2,1-2H3. The van der Waals surface area contributed by atoms with Crippen LogP contribution < -0.4 is 22.3 Å². The second kappa shape index (κ2) is 6.21. The van der Waals surface area contributed by atoms with Gasteiger partial charge in [0.15, 0.2) is 0 Å². The smallest absolute Gasteiger partial charge is 0.332 e. The van der Waals surface area contributed by atoms with Crippen molar-refractivity contribution in [2.75, 3.05) is 11.1 Å². The molecule has 2 heterocycles. The van der Waals surface area contributed by atoms with Gasteiger partial charge >= 0.3 is 5.69 Å². The normalized spacial score (nSPS) is 10.6. The molecule has 0 unspecified atom stereocenters. The van der Waals surface area contributed by atoms with Gasteiger partial charge < -0.3 is 11.1 Å². The fraction of sp³-hybridized carbons (Fsp3) is 0.385. The summed E-state index contributed by atoms with van der Waals surface area (Å²) < 4.78 is 2.44. The molecule has 0 bridgehead atoms. The van der Waals surface area contributed by atoms with Crippen molar-refractivity contribution in [3.63, 3.8) is 0 Å². The van der Waals surface area contributed by atoms with Gasteiger partial charge in [0, 0.05) is 19.8 Å². The highest BCUT2D eigenvalue weighted by molar-refractivity contribution is 5.60. The molecule has 0 atom stereocenters. The summed E-state index contributed by atoms with van der Waals surface area (Å²) in [6, 6.07) is 1.73. The summed E-state index contributed by atoms with van der Waals surface area (Å²) in [5.74, 6) is 0.152. The second-order valence-electron chi connectivity index (χ2n) is 4.61. The molecule has 8 nitrogen and oxygen atoms in total. The number of rotatable bonds is 5. The third-order valence-electron chi connectivity index (χ3n) is 3.12. The Labute approximate surface area is 121 Å². The van der Waals surface area contributed by atoms with Crippen LogP contribution in [-0.2, 0) is 20.1 Å². The first-order chi connectivity index (χ1) is 10.1. The molecular formula is C13H18N6O2. The van der Waals surface area contributed by atoms with Crippen LogP contribution in [0, 0.1) is 0 Å². The van der Waals surface area contributed by atoms with Crippen LogP contribution in [0.3, 0.4) is 0 Å². The fourth-order valence-corrected chi connectivity index (χ4v) is 1.99. The molecule has 0 aliphatic heterocycles. The molecule has 0 fully saturated rings. The third kappa shape index (κ3) is 2.93. The molecule has 2 aromatic heterocycles. The summed E-state index contributed by atoms with van der Waals surface area (Å²) in [6.07, 6.45) is 3.79. The van der Waals surface area contributed by atoms with Crippen molar-refractivity contribution in [1.82, 2.24) is 19.1 Å². The predicted octanol–water partition coefficient (Wildman–Crippen LogP) is -0.0587. The average molecular weight is 290 g/mol. The van der Waals surface area contributed by atoms with Crippen molar-refractivity contribution < 1.29 is 0 Å². The first-order valence-electron chi connectivity index (χ1n) is 6.64. The van der Waals surface area contributed by atoms with Crippen LogP contribution in [0.15, 0.2) is 28.2 Å². The highest BCUT2D eigenvalue weighted by Gasteiger charge is 2.14. The number of nitrogens with two attached hydrogens (primary N) is 1. The summed E-state index contributed by atoms with van der Waals surface area (Å²) in [4.78, 5) is 32.1. The lowest BCUT2D eigenvalue weighted by atomic mass is 10.3. The van der Waals surface area contributed by atoms with Gasteiger partial charge in [-0.25, -0.2) is 14.8 Å². The zero-order valence-electron chi connectivity index (χ0n) is 12.0. The van der Waals surface area contributed by atoms with Crippen LogP contribution in [0.25, 0.3) is 0 Å². The highest BCUT2D eigenvalue weighted by atomic mass is 16.2. The van der Waals surface area contributed by atoms with Crippen LogP contribution in [0.2, 0.25) is 0 Å². The molecule has 2 rings (SSSR count). The highest BCUT2D eigenvalue weighted by Crippen LogP contribution is 2.12. The van der Waals surface area contributed by atoms with E-state index in [4.69, 9.17) is 5.73 Å². The zero-order chi connectivity index (χ0) is 15.4. The Kier molecular flexibility index (Phi) is 4.36. The van der Waals surface area contributed by atoms with Crippen molar-refractivity contribution in [1.29, 1.82) is 0 Å². The minimum atomic E-state index is -0.445.